The molecule has 0 fully saturated rings. The molecule has 0 aliphatic rings. The van der Waals surface area contributed by atoms with Crippen molar-refractivity contribution in [3.8, 4) is 0 Å². The molecule has 1 atom stereocenters. The Balaban J connectivity index is 2.01. The first kappa shape index (κ1) is 14.3. The lowest BCUT2D eigenvalue weighted by molar-refractivity contribution is -0.122. The van der Waals surface area contributed by atoms with Crippen LogP contribution in [-0.2, 0) is 11.3 Å². The molecule has 20 heavy (non-hydrogen) atoms. The first-order valence-electron chi connectivity index (χ1n) is 6.26. The van der Waals surface area contributed by atoms with Crippen LogP contribution in [0.5, 0.6) is 0 Å². The molecule has 0 bridgehead atoms. The summed E-state index contributed by atoms with van der Waals surface area (Å²) >= 11 is 5.92. The molecular weight excluding hydrogens is 276 g/mol. The Kier molecular flexibility index (Phi) is 4.58. The van der Waals surface area contributed by atoms with Crippen molar-refractivity contribution in [1.82, 2.24) is 9.88 Å². The van der Waals surface area contributed by atoms with Crippen LogP contribution in [0.2, 0.25) is 5.02 Å². The monoisotopic (exact) mass is 290 g/mol. The Bertz CT molecular complexity index is 667. The van der Waals surface area contributed by atoms with Crippen LogP contribution in [0.25, 0.3) is 0 Å². The second-order valence-corrected chi connectivity index (χ2v) is 4.95. The summed E-state index contributed by atoms with van der Waals surface area (Å²) in [5, 5.41) is 3.47. The van der Waals surface area contributed by atoms with E-state index in [1.165, 1.54) is 10.6 Å². The molecule has 0 aliphatic carbocycles. The minimum absolute atomic E-state index is 0.00454. The summed E-state index contributed by atoms with van der Waals surface area (Å²) in [6.45, 7) is 1.88. The first-order chi connectivity index (χ1) is 9.56. The molecule has 2 rings (SSSR count). The van der Waals surface area contributed by atoms with Gasteiger partial charge < -0.3 is 9.88 Å². The molecule has 2 aromatic rings. The number of halogens is 1. The summed E-state index contributed by atoms with van der Waals surface area (Å²) in [6, 6.07) is 11.9. The highest BCUT2D eigenvalue weighted by atomic mass is 35.5. The van der Waals surface area contributed by atoms with Crippen LogP contribution in [0.1, 0.15) is 18.5 Å². The molecule has 1 heterocycles. The molecule has 0 spiro atoms. The van der Waals surface area contributed by atoms with Gasteiger partial charge in [0.1, 0.15) is 6.54 Å². The van der Waals surface area contributed by atoms with Crippen LogP contribution >= 0.6 is 11.6 Å². The van der Waals surface area contributed by atoms with E-state index in [0.717, 1.165) is 5.56 Å². The second-order valence-electron chi connectivity index (χ2n) is 4.51. The van der Waals surface area contributed by atoms with Gasteiger partial charge >= 0.3 is 0 Å². The van der Waals surface area contributed by atoms with Gasteiger partial charge in [0.05, 0.1) is 6.04 Å². The molecule has 4 nitrogen and oxygen atoms in total. The third-order valence-electron chi connectivity index (χ3n) is 2.94. The smallest absolute Gasteiger partial charge is 0.250 e. The number of pyridine rings is 1. The average Bonchev–Trinajstić information content (AvgIpc) is 2.41. The van der Waals surface area contributed by atoms with Gasteiger partial charge in [-0.2, -0.15) is 0 Å². The number of carbonyl (C=O) groups excluding carboxylic acids is 1. The van der Waals surface area contributed by atoms with Crippen LogP contribution in [0.3, 0.4) is 0 Å². The van der Waals surface area contributed by atoms with Crippen molar-refractivity contribution in [3.05, 3.63) is 69.6 Å². The van der Waals surface area contributed by atoms with E-state index < -0.39 is 0 Å². The van der Waals surface area contributed by atoms with Gasteiger partial charge in [-0.15, -0.1) is 0 Å². The number of hydrogen-bond acceptors (Lipinski definition) is 2. The number of nitrogens with one attached hydrogen (secondary N) is 1. The predicted molar refractivity (Wildman–Crippen MR) is 78.7 cm³/mol. The molecule has 0 saturated heterocycles. The number of rotatable bonds is 4. The molecule has 0 unspecified atom stereocenters. The molecule has 104 valence electrons. The zero-order chi connectivity index (χ0) is 14.5. The Morgan fingerprint density at radius 3 is 2.80 bits per heavy atom. The number of hydrogen-bond donors (Lipinski definition) is 1. The quantitative estimate of drug-likeness (QED) is 0.940. The third kappa shape index (κ3) is 3.71. The molecule has 0 aliphatic heterocycles. The van der Waals surface area contributed by atoms with Crippen LogP contribution < -0.4 is 10.9 Å². The van der Waals surface area contributed by atoms with Crippen molar-refractivity contribution < 1.29 is 4.79 Å². The maximum Gasteiger partial charge on any atom is 0.250 e. The van der Waals surface area contributed by atoms with Gasteiger partial charge in [0.2, 0.25) is 5.91 Å². The lowest BCUT2D eigenvalue weighted by Gasteiger charge is -2.15. The fourth-order valence-corrected chi connectivity index (χ4v) is 2.09. The molecule has 1 aromatic heterocycles. The summed E-state index contributed by atoms with van der Waals surface area (Å²) in [7, 11) is 0. The SMILES string of the molecule is C[C@H](NC(=O)Cn1ccccc1=O)c1cccc(Cl)c1. The Labute approximate surface area is 122 Å². The minimum atomic E-state index is -0.217. The van der Waals surface area contributed by atoms with Crippen molar-refractivity contribution in [2.45, 2.75) is 19.5 Å². The van der Waals surface area contributed by atoms with Crippen molar-refractivity contribution in [2.75, 3.05) is 0 Å². The number of aromatic nitrogens is 1. The van der Waals surface area contributed by atoms with E-state index in [2.05, 4.69) is 5.32 Å². The first-order valence-corrected chi connectivity index (χ1v) is 6.64. The van der Waals surface area contributed by atoms with Crippen molar-refractivity contribution in [2.24, 2.45) is 0 Å². The van der Waals surface area contributed by atoms with Gasteiger partial charge in [0.15, 0.2) is 0 Å². The highest BCUT2D eigenvalue weighted by Gasteiger charge is 2.10. The molecule has 0 saturated carbocycles. The summed E-state index contributed by atoms with van der Waals surface area (Å²) in [6.07, 6.45) is 1.59. The summed E-state index contributed by atoms with van der Waals surface area (Å²) < 4.78 is 1.36. The third-order valence-corrected chi connectivity index (χ3v) is 3.17. The van der Waals surface area contributed by atoms with E-state index in [9.17, 15) is 9.59 Å². The van der Waals surface area contributed by atoms with Crippen LogP contribution in [0.4, 0.5) is 0 Å². The molecule has 0 radical (unpaired) electrons. The van der Waals surface area contributed by atoms with E-state index in [1.807, 2.05) is 19.1 Å². The molecule has 1 amide bonds. The maximum absolute atomic E-state index is 11.9. The molecular formula is C15H15ClN2O2. The van der Waals surface area contributed by atoms with Gasteiger partial charge in [-0.1, -0.05) is 29.8 Å². The number of carbonyl (C=O) groups is 1. The van der Waals surface area contributed by atoms with Gasteiger partial charge in [-0.05, 0) is 30.7 Å². The minimum Gasteiger partial charge on any atom is -0.348 e. The van der Waals surface area contributed by atoms with E-state index in [4.69, 9.17) is 11.6 Å². The molecule has 5 heteroatoms. The van der Waals surface area contributed by atoms with E-state index >= 15 is 0 Å². The van der Waals surface area contributed by atoms with Gasteiger partial charge in [-0.3, -0.25) is 9.59 Å². The number of benzene rings is 1. The van der Waals surface area contributed by atoms with Gasteiger partial charge in [0.25, 0.3) is 5.56 Å². The average molecular weight is 291 g/mol. The van der Waals surface area contributed by atoms with E-state index in [-0.39, 0.29) is 24.1 Å². The second kappa shape index (κ2) is 6.39. The number of nitrogens with zero attached hydrogens (tertiary/aromatic N) is 1. The summed E-state index contributed by atoms with van der Waals surface area (Å²) in [5.41, 5.74) is 0.726. The van der Waals surface area contributed by atoms with Crippen LogP contribution in [0, 0.1) is 0 Å². The fraction of sp³-hybridized carbons (Fsp3) is 0.200. The van der Waals surface area contributed by atoms with Crippen molar-refractivity contribution >= 4 is 17.5 Å². The van der Waals surface area contributed by atoms with E-state index in [0.29, 0.717) is 5.02 Å². The Hall–Kier alpha value is -2.07. The summed E-state index contributed by atoms with van der Waals surface area (Å²) in [4.78, 5) is 23.5. The zero-order valence-electron chi connectivity index (χ0n) is 11.0. The molecule has 1 aromatic carbocycles. The zero-order valence-corrected chi connectivity index (χ0v) is 11.8. The van der Waals surface area contributed by atoms with Crippen molar-refractivity contribution in [3.63, 3.8) is 0 Å². The lowest BCUT2D eigenvalue weighted by atomic mass is 10.1. The summed E-state index contributed by atoms with van der Waals surface area (Å²) in [5.74, 6) is -0.217. The van der Waals surface area contributed by atoms with Gasteiger partial charge in [-0.25, -0.2) is 0 Å². The largest absolute Gasteiger partial charge is 0.348 e. The lowest BCUT2D eigenvalue weighted by Crippen LogP contribution is -2.33. The number of amides is 1. The Morgan fingerprint density at radius 1 is 1.30 bits per heavy atom. The topological polar surface area (TPSA) is 51.1 Å². The van der Waals surface area contributed by atoms with Gasteiger partial charge in [0, 0.05) is 17.3 Å². The Morgan fingerprint density at radius 2 is 2.10 bits per heavy atom. The van der Waals surface area contributed by atoms with Crippen LogP contribution in [-0.4, -0.2) is 10.5 Å². The highest BCUT2D eigenvalue weighted by molar-refractivity contribution is 6.30. The van der Waals surface area contributed by atoms with Crippen LogP contribution in [0.15, 0.2) is 53.5 Å². The standard InChI is InChI=1S/C15H15ClN2O2/c1-11(12-5-4-6-13(16)9-12)17-14(19)10-18-8-3-2-7-15(18)20/h2-9,11H,10H2,1H3,(H,17,19)/t11-/m0/s1. The normalized spacial score (nSPS) is 11.9. The molecule has 1 N–H and O–H groups in total. The fourth-order valence-electron chi connectivity index (χ4n) is 1.89. The van der Waals surface area contributed by atoms with E-state index in [1.54, 1.807) is 30.5 Å². The van der Waals surface area contributed by atoms with Crippen molar-refractivity contribution in [1.29, 1.82) is 0 Å². The highest BCUT2D eigenvalue weighted by Crippen LogP contribution is 2.17. The maximum atomic E-state index is 11.9. The predicted octanol–water partition coefficient (Wildman–Crippen LogP) is 2.38.